The minimum absolute atomic E-state index is 0.281. The summed E-state index contributed by atoms with van der Waals surface area (Å²) in [5.74, 6) is -1.36. The Labute approximate surface area is 130 Å². The normalized spacial score (nSPS) is 11.5. The second-order valence-electron chi connectivity index (χ2n) is 5.14. The molecule has 0 aliphatic rings. The average Bonchev–Trinajstić information content (AvgIpc) is 2.43. The Hall–Kier alpha value is -2.37. The first-order valence-corrected chi connectivity index (χ1v) is 7.16. The van der Waals surface area contributed by atoms with Gasteiger partial charge in [0.25, 0.3) is 5.91 Å². The average molecular weight is 306 g/mol. The van der Waals surface area contributed by atoms with Crippen LogP contribution in [0.3, 0.4) is 0 Å². The van der Waals surface area contributed by atoms with Crippen molar-refractivity contribution in [3.63, 3.8) is 0 Å². The molecule has 1 aromatic rings. The lowest BCUT2D eigenvalue weighted by Crippen LogP contribution is -2.46. The lowest BCUT2D eigenvalue weighted by Gasteiger charge is -2.13. The van der Waals surface area contributed by atoms with Gasteiger partial charge < -0.3 is 15.4 Å². The second-order valence-corrected chi connectivity index (χ2v) is 5.14. The molecule has 0 fully saturated rings. The summed E-state index contributed by atoms with van der Waals surface area (Å²) in [6, 6.07) is 4.67. The SMILES string of the molecule is CCNC(=O)[C@@H](C)NC(=O)COC(=O)c1cc(C)cc(C)c1. The molecular formula is C16H22N2O4. The van der Waals surface area contributed by atoms with Gasteiger partial charge in [-0.05, 0) is 39.8 Å². The van der Waals surface area contributed by atoms with Crippen molar-refractivity contribution in [1.82, 2.24) is 10.6 Å². The van der Waals surface area contributed by atoms with Gasteiger partial charge in [-0.25, -0.2) is 4.79 Å². The minimum atomic E-state index is -0.674. The van der Waals surface area contributed by atoms with Crippen molar-refractivity contribution < 1.29 is 19.1 Å². The van der Waals surface area contributed by atoms with Crippen LogP contribution in [-0.2, 0) is 14.3 Å². The van der Waals surface area contributed by atoms with E-state index in [0.29, 0.717) is 12.1 Å². The number of esters is 1. The molecule has 0 unspecified atom stereocenters. The summed E-state index contributed by atoms with van der Waals surface area (Å²) in [5, 5.41) is 5.06. The first-order chi connectivity index (χ1) is 10.3. The fraction of sp³-hybridized carbons (Fsp3) is 0.438. The van der Waals surface area contributed by atoms with Crippen LogP contribution >= 0.6 is 0 Å². The zero-order valence-corrected chi connectivity index (χ0v) is 13.4. The third-order valence-corrected chi connectivity index (χ3v) is 2.91. The smallest absolute Gasteiger partial charge is 0.338 e. The quantitative estimate of drug-likeness (QED) is 0.771. The van der Waals surface area contributed by atoms with Crippen LogP contribution < -0.4 is 10.6 Å². The van der Waals surface area contributed by atoms with Crippen LogP contribution in [0.2, 0.25) is 0 Å². The molecule has 0 spiro atoms. The summed E-state index contributed by atoms with van der Waals surface area (Å²) in [4.78, 5) is 35.0. The number of amides is 2. The monoisotopic (exact) mass is 306 g/mol. The molecule has 6 heteroatoms. The molecule has 22 heavy (non-hydrogen) atoms. The maximum Gasteiger partial charge on any atom is 0.338 e. The number of likely N-dealkylation sites (N-methyl/N-ethyl adjacent to an activating group) is 1. The van der Waals surface area contributed by atoms with Crippen molar-refractivity contribution in [3.8, 4) is 0 Å². The highest BCUT2D eigenvalue weighted by Gasteiger charge is 2.16. The van der Waals surface area contributed by atoms with Crippen LogP contribution in [0.4, 0.5) is 0 Å². The molecule has 2 amide bonds. The van der Waals surface area contributed by atoms with E-state index in [1.54, 1.807) is 26.0 Å². The van der Waals surface area contributed by atoms with Crippen LogP contribution in [0, 0.1) is 13.8 Å². The summed E-state index contributed by atoms with van der Waals surface area (Å²) in [6.45, 7) is 7.18. The van der Waals surface area contributed by atoms with Gasteiger partial charge in [0, 0.05) is 6.54 Å². The Bertz CT molecular complexity index is 549. The highest BCUT2D eigenvalue weighted by atomic mass is 16.5. The number of carbonyl (C=O) groups excluding carboxylic acids is 3. The van der Waals surface area contributed by atoms with Crippen molar-refractivity contribution >= 4 is 17.8 Å². The van der Waals surface area contributed by atoms with Gasteiger partial charge in [-0.2, -0.15) is 0 Å². The summed E-state index contributed by atoms with van der Waals surface area (Å²) in [5.41, 5.74) is 2.30. The fourth-order valence-corrected chi connectivity index (χ4v) is 1.98. The van der Waals surface area contributed by atoms with Gasteiger partial charge in [0.1, 0.15) is 6.04 Å². The minimum Gasteiger partial charge on any atom is -0.452 e. The molecule has 0 aliphatic carbocycles. The maximum absolute atomic E-state index is 11.9. The third kappa shape index (κ3) is 5.55. The molecule has 6 nitrogen and oxygen atoms in total. The van der Waals surface area contributed by atoms with Crippen molar-refractivity contribution in [3.05, 3.63) is 34.9 Å². The Kier molecular flexibility index (Phi) is 6.56. The molecule has 0 heterocycles. The number of carbonyl (C=O) groups is 3. The highest BCUT2D eigenvalue weighted by Crippen LogP contribution is 2.10. The summed E-state index contributed by atoms with van der Waals surface area (Å²) in [7, 11) is 0. The molecule has 0 bridgehead atoms. The number of hydrogen-bond acceptors (Lipinski definition) is 4. The molecular weight excluding hydrogens is 284 g/mol. The standard InChI is InChI=1S/C16H22N2O4/c1-5-17-15(20)12(4)18-14(19)9-22-16(21)13-7-10(2)6-11(3)8-13/h6-8,12H,5,9H2,1-4H3,(H,17,20)(H,18,19)/t12-/m1/s1. The third-order valence-electron chi connectivity index (χ3n) is 2.91. The zero-order valence-electron chi connectivity index (χ0n) is 13.4. The van der Waals surface area contributed by atoms with Gasteiger partial charge >= 0.3 is 5.97 Å². The van der Waals surface area contributed by atoms with Gasteiger partial charge in [-0.15, -0.1) is 0 Å². The van der Waals surface area contributed by atoms with Gasteiger partial charge in [-0.1, -0.05) is 17.2 Å². The highest BCUT2D eigenvalue weighted by molar-refractivity contribution is 5.92. The first-order valence-electron chi connectivity index (χ1n) is 7.16. The number of ether oxygens (including phenoxy) is 1. The molecule has 2 N–H and O–H groups in total. The first kappa shape index (κ1) is 17.7. The topological polar surface area (TPSA) is 84.5 Å². The van der Waals surface area contributed by atoms with E-state index in [-0.39, 0.29) is 5.91 Å². The van der Waals surface area contributed by atoms with Crippen molar-refractivity contribution in [2.45, 2.75) is 33.7 Å². The largest absolute Gasteiger partial charge is 0.452 e. The molecule has 1 rings (SSSR count). The van der Waals surface area contributed by atoms with Crippen LogP contribution in [0.1, 0.15) is 35.3 Å². The molecule has 1 aromatic carbocycles. The van der Waals surface area contributed by atoms with E-state index >= 15 is 0 Å². The van der Waals surface area contributed by atoms with Crippen LogP contribution in [-0.4, -0.2) is 37.0 Å². The van der Waals surface area contributed by atoms with E-state index in [4.69, 9.17) is 4.74 Å². The number of aryl methyl sites for hydroxylation is 2. The Morgan fingerprint density at radius 2 is 1.73 bits per heavy atom. The number of benzene rings is 1. The predicted octanol–water partition coefficient (Wildman–Crippen LogP) is 1.10. The number of rotatable bonds is 6. The van der Waals surface area contributed by atoms with Gasteiger partial charge in [0.2, 0.25) is 5.91 Å². The molecule has 0 aromatic heterocycles. The van der Waals surface area contributed by atoms with Crippen LogP contribution in [0.15, 0.2) is 18.2 Å². The molecule has 120 valence electrons. The van der Waals surface area contributed by atoms with Gasteiger partial charge in [0.15, 0.2) is 6.61 Å². The second kappa shape index (κ2) is 8.17. The van der Waals surface area contributed by atoms with Crippen molar-refractivity contribution in [1.29, 1.82) is 0 Å². The lowest BCUT2D eigenvalue weighted by molar-refractivity contribution is -0.130. The zero-order chi connectivity index (χ0) is 16.7. The van der Waals surface area contributed by atoms with E-state index in [9.17, 15) is 14.4 Å². The van der Waals surface area contributed by atoms with Gasteiger partial charge in [0.05, 0.1) is 5.56 Å². The fourth-order valence-electron chi connectivity index (χ4n) is 1.98. The number of nitrogens with one attached hydrogen (secondary N) is 2. The van der Waals surface area contributed by atoms with E-state index in [1.165, 1.54) is 0 Å². The summed E-state index contributed by atoms with van der Waals surface area (Å²) >= 11 is 0. The Balaban J connectivity index is 2.50. The molecule has 0 saturated carbocycles. The van der Waals surface area contributed by atoms with E-state index in [1.807, 2.05) is 19.9 Å². The van der Waals surface area contributed by atoms with Gasteiger partial charge in [-0.3, -0.25) is 9.59 Å². The van der Waals surface area contributed by atoms with Crippen molar-refractivity contribution in [2.75, 3.05) is 13.2 Å². The number of hydrogen-bond donors (Lipinski definition) is 2. The Morgan fingerprint density at radius 3 is 2.27 bits per heavy atom. The maximum atomic E-state index is 11.9. The van der Waals surface area contributed by atoms with E-state index < -0.39 is 24.5 Å². The molecule has 0 radical (unpaired) electrons. The van der Waals surface area contributed by atoms with E-state index in [2.05, 4.69) is 10.6 Å². The molecule has 0 aliphatic heterocycles. The van der Waals surface area contributed by atoms with Crippen LogP contribution in [0.25, 0.3) is 0 Å². The molecule has 1 atom stereocenters. The summed E-state index contributed by atoms with van der Waals surface area (Å²) < 4.78 is 4.96. The molecule has 0 saturated heterocycles. The lowest BCUT2D eigenvalue weighted by atomic mass is 10.1. The van der Waals surface area contributed by atoms with Crippen LogP contribution in [0.5, 0.6) is 0 Å². The summed E-state index contributed by atoms with van der Waals surface area (Å²) in [6.07, 6.45) is 0. The Morgan fingerprint density at radius 1 is 1.14 bits per heavy atom. The van der Waals surface area contributed by atoms with E-state index in [0.717, 1.165) is 11.1 Å². The predicted molar refractivity (Wildman–Crippen MR) is 82.5 cm³/mol. The van der Waals surface area contributed by atoms with Crippen molar-refractivity contribution in [2.24, 2.45) is 0 Å².